The minimum atomic E-state index is -0.262. The molecule has 1 aromatic heterocycles. The van der Waals surface area contributed by atoms with Gasteiger partial charge in [-0.05, 0) is 48.0 Å². The fourth-order valence-electron chi connectivity index (χ4n) is 2.78. The van der Waals surface area contributed by atoms with E-state index in [0.717, 1.165) is 5.56 Å². The van der Waals surface area contributed by atoms with Crippen molar-refractivity contribution < 1.29 is 13.9 Å². The number of hydrogen-bond acceptors (Lipinski definition) is 4. The van der Waals surface area contributed by atoms with E-state index in [0.29, 0.717) is 39.9 Å². The molecule has 1 amide bonds. The molecule has 1 heterocycles. The highest BCUT2D eigenvalue weighted by Crippen LogP contribution is 2.22. The average molecular weight is 393 g/mol. The number of hydrogen-bond donors (Lipinski definition) is 1. The van der Waals surface area contributed by atoms with E-state index in [2.05, 4.69) is 10.3 Å². The molecule has 28 heavy (non-hydrogen) atoms. The zero-order valence-electron chi connectivity index (χ0n) is 14.9. The molecule has 140 valence electrons. The van der Waals surface area contributed by atoms with E-state index in [1.54, 1.807) is 42.5 Å². The maximum absolute atomic E-state index is 12.1. The molecule has 3 aromatic carbocycles. The molecule has 0 saturated carbocycles. The second-order valence-corrected chi connectivity index (χ2v) is 6.68. The van der Waals surface area contributed by atoms with Crippen LogP contribution in [0.4, 0.5) is 5.69 Å². The van der Waals surface area contributed by atoms with Gasteiger partial charge in [0, 0.05) is 17.1 Å². The third-order valence-corrected chi connectivity index (χ3v) is 4.35. The molecule has 4 rings (SSSR count). The molecule has 0 saturated heterocycles. The van der Waals surface area contributed by atoms with Gasteiger partial charge in [0.25, 0.3) is 5.91 Å². The summed E-state index contributed by atoms with van der Waals surface area (Å²) in [5.41, 5.74) is 3.14. The topological polar surface area (TPSA) is 64.4 Å². The van der Waals surface area contributed by atoms with Crippen molar-refractivity contribution in [3.8, 4) is 5.75 Å². The van der Waals surface area contributed by atoms with Crippen LogP contribution in [-0.4, -0.2) is 17.5 Å². The van der Waals surface area contributed by atoms with E-state index < -0.39 is 0 Å². The molecule has 0 radical (unpaired) electrons. The van der Waals surface area contributed by atoms with Crippen molar-refractivity contribution in [3.63, 3.8) is 0 Å². The van der Waals surface area contributed by atoms with Crippen molar-refractivity contribution in [2.45, 2.75) is 6.42 Å². The Morgan fingerprint density at radius 1 is 1.04 bits per heavy atom. The molecule has 0 spiro atoms. The van der Waals surface area contributed by atoms with Gasteiger partial charge in [-0.1, -0.05) is 41.9 Å². The van der Waals surface area contributed by atoms with Gasteiger partial charge in [0.2, 0.25) is 0 Å². The van der Waals surface area contributed by atoms with Gasteiger partial charge in [0.15, 0.2) is 18.1 Å². The number of carbonyl (C=O) groups is 1. The summed E-state index contributed by atoms with van der Waals surface area (Å²) in [6.07, 6.45) is 0.617. The number of fused-ring (bicyclic) bond motifs is 1. The maximum atomic E-state index is 12.1. The summed E-state index contributed by atoms with van der Waals surface area (Å²) >= 11 is 5.83. The van der Waals surface area contributed by atoms with E-state index >= 15 is 0 Å². The molecule has 0 aliphatic heterocycles. The number of aromatic nitrogens is 1. The summed E-state index contributed by atoms with van der Waals surface area (Å²) in [4.78, 5) is 16.6. The van der Waals surface area contributed by atoms with Gasteiger partial charge >= 0.3 is 0 Å². The zero-order chi connectivity index (χ0) is 19.3. The standard InChI is InChI=1S/C22H17ClN2O3/c23-16-6-9-18(10-7-16)27-14-21(26)24-17-8-11-20-19(13-17)25-22(28-20)12-15-4-2-1-3-5-15/h1-11,13H,12,14H2,(H,24,26). The van der Waals surface area contributed by atoms with Gasteiger partial charge < -0.3 is 14.5 Å². The van der Waals surface area contributed by atoms with Gasteiger partial charge in [-0.15, -0.1) is 0 Å². The second kappa shape index (κ2) is 8.15. The Morgan fingerprint density at radius 3 is 2.61 bits per heavy atom. The van der Waals surface area contributed by atoms with E-state index in [9.17, 15) is 4.79 Å². The smallest absolute Gasteiger partial charge is 0.262 e. The Kier molecular flexibility index (Phi) is 5.26. The van der Waals surface area contributed by atoms with Crippen molar-refractivity contribution in [3.05, 3.63) is 89.3 Å². The first-order valence-electron chi connectivity index (χ1n) is 8.77. The molecular weight excluding hydrogens is 376 g/mol. The lowest BCUT2D eigenvalue weighted by Gasteiger charge is -2.07. The number of amides is 1. The highest BCUT2D eigenvalue weighted by atomic mass is 35.5. The first-order chi connectivity index (χ1) is 13.7. The number of anilines is 1. The van der Waals surface area contributed by atoms with Crippen LogP contribution < -0.4 is 10.1 Å². The number of nitrogens with one attached hydrogen (secondary N) is 1. The number of ether oxygens (including phenoxy) is 1. The monoisotopic (exact) mass is 392 g/mol. The van der Waals surface area contributed by atoms with Gasteiger partial charge in [-0.25, -0.2) is 4.98 Å². The lowest BCUT2D eigenvalue weighted by atomic mass is 10.1. The largest absolute Gasteiger partial charge is 0.484 e. The fourth-order valence-corrected chi connectivity index (χ4v) is 2.90. The van der Waals surface area contributed by atoms with Gasteiger partial charge in [-0.3, -0.25) is 4.79 Å². The predicted octanol–water partition coefficient (Wildman–Crippen LogP) is 5.09. The third-order valence-electron chi connectivity index (χ3n) is 4.10. The Balaban J connectivity index is 1.39. The molecule has 0 aliphatic carbocycles. The van der Waals surface area contributed by atoms with Crippen molar-refractivity contribution in [1.29, 1.82) is 0 Å². The minimum absolute atomic E-state index is 0.0995. The Morgan fingerprint density at radius 2 is 1.82 bits per heavy atom. The first-order valence-corrected chi connectivity index (χ1v) is 9.15. The Labute approximate surface area is 166 Å². The minimum Gasteiger partial charge on any atom is -0.484 e. The van der Waals surface area contributed by atoms with Crippen LogP contribution in [0.25, 0.3) is 11.1 Å². The van der Waals surface area contributed by atoms with E-state index in [-0.39, 0.29) is 12.5 Å². The van der Waals surface area contributed by atoms with Crippen molar-refractivity contribution in [2.24, 2.45) is 0 Å². The molecule has 0 aliphatic rings. The molecule has 0 bridgehead atoms. The number of carbonyl (C=O) groups excluding carboxylic acids is 1. The van der Waals surface area contributed by atoms with E-state index in [4.69, 9.17) is 20.8 Å². The molecule has 6 heteroatoms. The van der Waals surface area contributed by atoms with Crippen LogP contribution in [-0.2, 0) is 11.2 Å². The fraction of sp³-hybridized carbons (Fsp3) is 0.0909. The summed E-state index contributed by atoms with van der Waals surface area (Å²) in [6, 6.07) is 22.2. The lowest BCUT2D eigenvalue weighted by molar-refractivity contribution is -0.118. The van der Waals surface area contributed by atoms with Gasteiger partial charge in [-0.2, -0.15) is 0 Å². The summed E-state index contributed by atoms with van der Waals surface area (Å²) < 4.78 is 11.2. The van der Waals surface area contributed by atoms with Gasteiger partial charge in [0.05, 0.1) is 0 Å². The highest BCUT2D eigenvalue weighted by Gasteiger charge is 2.09. The number of halogens is 1. The number of oxazole rings is 1. The molecule has 4 aromatic rings. The number of rotatable bonds is 6. The van der Waals surface area contributed by atoms with Gasteiger partial charge in [0.1, 0.15) is 11.3 Å². The summed E-state index contributed by atoms with van der Waals surface area (Å²) in [5.74, 6) is 0.954. The van der Waals surface area contributed by atoms with E-state index in [1.807, 2.05) is 30.3 Å². The van der Waals surface area contributed by atoms with Crippen LogP contribution in [0.3, 0.4) is 0 Å². The van der Waals surface area contributed by atoms with Crippen LogP contribution in [0.1, 0.15) is 11.5 Å². The summed E-state index contributed by atoms with van der Waals surface area (Å²) in [6.45, 7) is -0.0995. The number of nitrogens with zero attached hydrogens (tertiary/aromatic N) is 1. The van der Waals surface area contributed by atoms with Crippen LogP contribution in [0.2, 0.25) is 5.02 Å². The van der Waals surface area contributed by atoms with Crippen LogP contribution in [0.5, 0.6) is 5.75 Å². The van der Waals surface area contributed by atoms with Crippen LogP contribution in [0, 0.1) is 0 Å². The normalized spacial score (nSPS) is 10.8. The second-order valence-electron chi connectivity index (χ2n) is 6.24. The van der Waals surface area contributed by atoms with Crippen molar-refractivity contribution in [1.82, 2.24) is 4.98 Å². The predicted molar refractivity (Wildman–Crippen MR) is 109 cm³/mol. The third kappa shape index (κ3) is 4.50. The number of benzene rings is 3. The zero-order valence-corrected chi connectivity index (χ0v) is 15.6. The van der Waals surface area contributed by atoms with Crippen LogP contribution in [0.15, 0.2) is 77.2 Å². The highest BCUT2D eigenvalue weighted by molar-refractivity contribution is 6.30. The molecule has 0 fully saturated rings. The van der Waals surface area contributed by atoms with Crippen LogP contribution >= 0.6 is 11.6 Å². The first kappa shape index (κ1) is 18.1. The average Bonchev–Trinajstić information content (AvgIpc) is 3.10. The van der Waals surface area contributed by atoms with Crippen molar-refractivity contribution >= 4 is 34.3 Å². The summed E-state index contributed by atoms with van der Waals surface area (Å²) in [5, 5.41) is 3.42. The molecule has 1 N–H and O–H groups in total. The summed E-state index contributed by atoms with van der Waals surface area (Å²) in [7, 11) is 0. The maximum Gasteiger partial charge on any atom is 0.262 e. The molecule has 0 atom stereocenters. The molecule has 0 unspecified atom stereocenters. The Hall–Kier alpha value is -3.31. The van der Waals surface area contributed by atoms with Crippen molar-refractivity contribution in [2.75, 3.05) is 11.9 Å². The van der Waals surface area contributed by atoms with E-state index in [1.165, 1.54) is 0 Å². The molecule has 5 nitrogen and oxygen atoms in total. The Bertz CT molecular complexity index is 1090. The lowest BCUT2D eigenvalue weighted by Crippen LogP contribution is -2.20. The quantitative estimate of drug-likeness (QED) is 0.496. The SMILES string of the molecule is O=C(COc1ccc(Cl)cc1)Nc1ccc2oc(Cc3ccccc3)nc2c1. The molecular formula is C22H17ClN2O3.